The van der Waals surface area contributed by atoms with Crippen molar-refractivity contribution in [1.29, 1.82) is 0 Å². The van der Waals surface area contributed by atoms with Crippen LogP contribution in [0.2, 0.25) is 0 Å². The van der Waals surface area contributed by atoms with Crippen LogP contribution in [-0.2, 0) is 11.2 Å². The van der Waals surface area contributed by atoms with E-state index in [0.717, 1.165) is 42.6 Å². The minimum atomic E-state index is -0.631. The van der Waals surface area contributed by atoms with Crippen molar-refractivity contribution in [3.63, 3.8) is 0 Å². The molecule has 1 amide bonds. The second-order valence-corrected chi connectivity index (χ2v) is 6.56. The summed E-state index contributed by atoms with van der Waals surface area (Å²) >= 11 is 1.69. The summed E-state index contributed by atoms with van der Waals surface area (Å²) in [5, 5.41) is 4.02. The number of thiazole rings is 1. The van der Waals surface area contributed by atoms with Crippen molar-refractivity contribution in [1.82, 2.24) is 10.3 Å². The SMILES string of the molecule is NC1(C(=O)NCCc2nc3ccccc3s2)CCCC1. The first-order valence-corrected chi connectivity index (χ1v) is 7.91. The van der Waals surface area contributed by atoms with E-state index in [2.05, 4.69) is 16.4 Å². The van der Waals surface area contributed by atoms with Gasteiger partial charge >= 0.3 is 0 Å². The van der Waals surface area contributed by atoms with E-state index in [1.54, 1.807) is 11.3 Å². The molecule has 1 saturated carbocycles. The van der Waals surface area contributed by atoms with E-state index < -0.39 is 5.54 Å². The van der Waals surface area contributed by atoms with E-state index >= 15 is 0 Å². The lowest BCUT2D eigenvalue weighted by molar-refractivity contribution is -0.126. The largest absolute Gasteiger partial charge is 0.354 e. The van der Waals surface area contributed by atoms with Gasteiger partial charge < -0.3 is 11.1 Å². The molecule has 1 heterocycles. The van der Waals surface area contributed by atoms with Crippen LogP contribution in [-0.4, -0.2) is 23.0 Å². The minimum absolute atomic E-state index is 0.00360. The van der Waals surface area contributed by atoms with Crippen LogP contribution < -0.4 is 11.1 Å². The summed E-state index contributed by atoms with van der Waals surface area (Å²) in [6.07, 6.45) is 4.49. The fraction of sp³-hybridized carbons (Fsp3) is 0.467. The predicted octanol–water partition coefficient (Wildman–Crippen LogP) is 2.23. The van der Waals surface area contributed by atoms with Gasteiger partial charge in [-0.25, -0.2) is 4.98 Å². The topological polar surface area (TPSA) is 68.0 Å². The number of para-hydroxylation sites is 1. The number of nitrogens with two attached hydrogens (primary N) is 1. The van der Waals surface area contributed by atoms with Gasteiger partial charge in [-0.05, 0) is 25.0 Å². The van der Waals surface area contributed by atoms with E-state index in [9.17, 15) is 4.79 Å². The Bertz CT molecular complexity index is 583. The molecular weight excluding hydrogens is 270 g/mol. The third kappa shape index (κ3) is 2.69. The average molecular weight is 289 g/mol. The molecule has 0 atom stereocenters. The summed E-state index contributed by atoms with van der Waals surface area (Å²) in [4.78, 5) is 16.6. The van der Waals surface area contributed by atoms with Crippen LogP contribution in [0.15, 0.2) is 24.3 Å². The summed E-state index contributed by atoms with van der Waals surface area (Å²) < 4.78 is 1.19. The lowest BCUT2D eigenvalue weighted by atomic mass is 9.98. The lowest BCUT2D eigenvalue weighted by Crippen LogP contribution is -2.52. The number of nitrogens with zero attached hydrogens (tertiary/aromatic N) is 1. The molecule has 1 aromatic heterocycles. The van der Waals surface area contributed by atoms with Crippen molar-refractivity contribution in [2.24, 2.45) is 5.73 Å². The van der Waals surface area contributed by atoms with Gasteiger partial charge in [0.2, 0.25) is 5.91 Å². The lowest BCUT2D eigenvalue weighted by Gasteiger charge is -2.21. The Morgan fingerprint density at radius 2 is 2.10 bits per heavy atom. The van der Waals surface area contributed by atoms with Crippen molar-refractivity contribution >= 4 is 27.5 Å². The molecule has 0 bridgehead atoms. The number of fused-ring (bicyclic) bond motifs is 1. The Hall–Kier alpha value is -1.46. The summed E-state index contributed by atoms with van der Waals surface area (Å²) in [5.74, 6) is -0.00360. The van der Waals surface area contributed by atoms with Gasteiger partial charge in [0.25, 0.3) is 0 Å². The molecule has 1 aromatic carbocycles. The summed E-state index contributed by atoms with van der Waals surface area (Å²) in [5.41, 5.74) is 6.52. The highest BCUT2D eigenvalue weighted by Gasteiger charge is 2.36. The number of aromatic nitrogens is 1. The van der Waals surface area contributed by atoms with Gasteiger partial charge in [0.05, 0.1) is 20.8 Å². The number of nitrogens with one attached hydrogen (secondary N) is 1. The maximum absolute atomic E-state index is 12.1. The van der Waals surface area contributed by atoms with Crippen molar-refractivity contribution in [2.45, 2.75) is 37.6 Å². The van der Waals surface area contributed by atoms with E-state index in [4.69, 9.17) is 5.73 Å². The van der Waals surface area contributed by atoms with Gasteiger partial charge in [-0.3, -0.25) is 4.79 Å². The Labute approximate surface area is 122 Å². The molecule has 0 saturated heterocycles. The van der Waals surface area contributed by atoms with E-state index in [-0.39, 0.29) is 5.91 Å². The van der Waals surface area contributed by atoms with Crippen LogP contribution in [0.3, 0.4) is 0 Å². The number of benzene rings is 1. The molecule has 5 heteroatoms. The second-order valence-electron chi connectivity index (χ2n) is 5.44. The van der Waals surface area contributed by atoms with Crippen molar-refractivity contribution in [3.8, 4) is 0 Å². The van der Waals surface area contributed by atoms with Gasteiger partial charge in [0, 0.05) is 13.0 Å². The van der Waals surface area contributed by atoms with Crippen LogP contribution >= 0.6 is 11.3 Å². The zero-order valence-electron chi connectivity index (χ0n) is 11.4. The van der Waals surface area contributed by atoms with Crippen LogP contribution in [0.4, 0.5) is 0 Å². The van der Waals surface area contributed by atoms with Gasteiger partial charge in [-0.15, -0.1) is 11.3 Å². The van der Waals surface area contributed by atoms with Crippen LogP contribution in [0, 0.1) is 0 Å². The number of carbonyl (C=O) groups is 1. The number of hydrogen-bond donors (Lipinski definition) is 2. The normalized spacial score (nSPS) is 17.4. The van der Waals surface area contributed by atoms with Gasteiger partial charge in [-0.2, -0.15) is 0 Å². The molecule has 0 unspecified atom stereocenters. The first kappa shape index (κ1) is 13.5. The monoisotopic (exact) mass is 289 g/mol. The molecule has 2 aromatic rings. The molecule has 106 valence electrons. The maximum atomic E-state index is 12.1. The maximum Gasteiger partial charge on any atom is 0.240 e. The highest BCUT2D eigenvalue weighted by molar-refractivity contribution is 7.18. The summed E-state index contributed by atoms with van der Waals surface area (Å²) in [6, 6.07) is 8.10. The molecule has 3 rings (SSSR count). The van der Waals surface area contributed by atoms with Crippen LogP contribution in [0.5, 0.6) is 0 Å². The molecule has 0 aliphatic heterocycles. The zero-order chi connectivity index (χ0) is 14.0. The van der Waals surface area contributed by atoms with Crippen LogP contribution in [0.1, 0.15) is 30.7 Å². The van der Waals surface area contributed by atoms with Crippen LogP contribution in [0.25, 0.3) is 10.2 Å². The Kier molecular flexibility index (Phi) is 3.72. The number of carbonyl (C=O) groups excluding carboxylic acids is 1. The highest BCUT2D eigenvalue weighted by atomic mass is 32.1. The van der Waals surface area contributed by atoms with Crippen molar-refractivity contribution in [2.75, 3.05) is 6.54 Å². The van der Waals surface area contributed by atoms with E-state index in [1.807, 2.05) is 18.2 Å². The Morgan fingerprint density at radius 3 is 2.85 bits per heavy atom. The smallest absolute Gasteiger partial charge is 0.240 e. The van der Waals surface area contributed by atoms with Crippen molar-refractivity contribution in [3.05, 3.63) is 29.3 Å². The third-order valence-corrected chi connectivity index (χ3v) is 5.01. The standard InChI is InChI=1S/C15H19N3OS/c16-15(8-3-4-9-15)14(19)17-10-7-13-18-11-5-1-2-6-12(11)20-13/h1-2,5-6H,3-4,7-10,16H2,(H,17,19). The molecular formula is C15H19N3OS. The third-order valence-electron chi connectivity index (χ3n) is 3.91. The number of hydrogen-bond acceptors (Lipinski definition) is 4. The highest BCUT2D eigenvalue weighted by Crippen LogP contribution is 2.27. The second kappa shape index (κ2) is 5.50. The number of rotatable bonds is 4. The summed E-state index contributed by atoms with van der Waals surface area (Å²) in [7, 11) is 0. The molecule has 0 spiro atoms. The summed E-state index contributed by atoms with van der Waals surface area (Å²) in [6.45, 7) is 0.609. The molecule has 4 nitrogen and oxygen atoms in total. The van der Waals surface area contributed by atoms with E-state index in [1.165, 1.54) is 4.70 Å². The molecule has 20 heavy (non-hydrogen) atoms. The van der Waals surface area contributed by atoms with Gasteiger partial charge in [-0.1, -0.05) is 25.0 Å². The molecule has 1 aliphatic rings. The molecule has 0 radical (unpaired) electrons. The van der Waals surface area contributed by atoms with E-state index in [0.29, 0.717) is 6.54 Å². The van der Waals surface area contributed by atoms with Gasteiger partial charge in [0.15, 0.2) is 0 Å². The molecule has 1 aliphatic carbocycles. The first-order chi connectivity index (χ1) is 9.67. The fourth-order valence-electron chi connectivity index (χ4n) is 2.72. The van der Waals surface area contributed by atoms with Gasteiger partial charge in [0.1, 0.15) is 0 Å². The first-order valence-electron chi connectivity index (χ1n) is 7.09. The minimum Gasteiger partial charge on any atom is -0.354 e. The molecule has 3 N–H and O–H groups in total. The quantitative estimate of drug-likeness (QED) is 0.907. The average Bonchev–Trinajstić information content (AvgIpc) is 3.05. The Balaban J connectivity index is 1.56. The predicted molar refractivity (Wildman–Crippen MR) is 81.7 cm³/mol. The zero-order valence-corrected chi connectivity index (χ0v) is 12.2. The molecule has 1 fully saturated rings. The fourth-order valence-corrected chi connectivity index (χ4v) is 3.69. The van der Waals surface area contributed by atoms with Crippen molar-refractivity contribution < 1.29 is 4.79 Å². The number of amides is 1. The Morgan fingerprint density at radius 1 is 1.35 bits per heavy atom.